The van der Waals surface area contributed by atoms with Gasteiger partial charge in [-0.05, 0) is 61.1 Å². The number of methoxy groups -OCH3 is 1. The molecule has 0 bridgehead atoms. The van der Waals surface area contributed by atoms with Crippen molar-refractivity contribution in [2.24, 2.45) is 0 Å². The standard InChI is InChI=1S/C17H23IN2O5/c1-17(2,3)25-16(23)20-13(15(22)19-10-14(21)24-4)9-11-5-7-12(18)8-6-11/h5-8,13H,9-10H2,1-4H3,(H,19,22)(H,20,23)/t13-/m0/s1. The molecule has 1 atom stereocenters. The van der Waals surface area contributed by atoms with Gasteiger partial charge in [-0.1, -0.05) is 12.1 Å². The summed E-state index contributed by atoms with van der Waals surface area (Å²) >= 11 is 2.18. The van der Waals surface area contributed by atoms with E-state index in [9.17, 15) is 14.4 Å². The molecule has 0 radical (unpaired) electrons. The lowest BCUT2D eigenvalue weighted by molar-refractivity contribution is -0.141. The van der Waals surface area contributed by atoms with Crippen LogP contribution in [0.2, 0.25) is 0 Å². The number of alkyl carbamates (subject to hydrolysis) is 1. The average molecular weight is 462 g/mol. The van der Waals surface area contributed by atoms with Gasteiger partial charge in [-0.3, -0.25) is 9.59 Å². The Morgan fingerprint density at radius 2 is 1.76 bits per heavy atom. The Morgan fingerprint density at radius 3 is 2.28 bits per heavy atom. The largest absolute Gasteiger partial charge is 0.468 e. The molecule has 8 heteroatoms. The van der Waals surface area contributed by atoms with E-state index in [1.54, 1.807) is 20.8 Å². The van der Waals surface area contributed by atoms with Crippen molar-refractivity contribution < 1.29 is 23.9 Å². The highest BCUT2D eigenvalue weighted by atomic mass is 127. The van der Waals surface area contributed by atoms with E-state index in [0.717, 1.165) is 9.13 Å². The zero-order valence-corrected chi connectivity index (χ0v) is 16.9. The maximum atomic E-state index is 12.3. The number of hydrogen-bond donors (Lipinski definition) is 2. The van der Waals surface area contributed by atoms with Gasteiger partial charge in [-0.15, -0.1) is 0 Å². The van der Waals surface area contributed by atoms with Gasteiger partial charge < -0.3 is 20.1 Å². The summed E-state index contributed by atoms with van der Waals surface area (Å²) in [4.78, 5) is 35.5. The normalized spacial score (nSPS) is 12.0. The highest BCUT2D eigenvalue weighted by Gasteiger charge is 2.25. The number of nitrogens with one attached hydrogen (secondary N) is 2. The maximum Gasteiger partial charge on any atom is 0.408 e. The summed E-state index contributed by atoms with van der Waals surface area (Å²) < 4.78 is 10.8. The number of ether oxygens (including phenoxy) is 2. The van der Waals surface area contributed by atoms with Gasteiger partial charge in [0, 0.05) is 9.99 Å². The van der Waals surface area contributed by atoms with Crippen molar-refractivity contribution in [3.63, 3.8) is 0 Å². The Morgan fingerprint density at radius 1 is 1.16 bits per heavy atom. The molecule has 25 heavy (non-hydrogen) atoms. The first-order valence-electron chi connectivity index (χ1n) is 7.69. The van der Waals surface area contributed by atoms with Gasteiger partial charge >= 0.3 is 12.1 Å². The molecule has 0 saturated heterocycles. The second-order valence-electron chi connectivity index (χ2n) is 6.32. The van der Waals surface area contributed by atoms with Gasteiger partial charge in [-0.2, -0.15) is 0 Å². The summed E-state index contributed by atoms with van der Waals surface area (Å²) in [6.45, 7) is 4.93. The molecule has 0 aliphatic carbocycles. The zero-order chi connectivity index (χ0) is 19.0. The van der Waals surface area contributed by atoms with Gasteiger partial charge in [0.1, 0.15) is 18.2 Å². The molecule has 0 saturated carbocycles. The number of amides is 2. The highest BCUT2D eigenvalue weighted by Crippen LogP contribution is 2.11. The third-order valence-corrected chi connectivity index (χ3v) is 3.71. The average Bonchev–Trinajstić information content (AvgIpc) is 2.51. The van der Waals surface area contributed by atoms with Gasteiger partial charge in [0.25, 0.3) is 0 Å². The summed E-state index contributed by atoms with van der Waals surface area (Å²) in [6, 6.07) is 6.69. The minimum atomic E-state index is -0.875. The smallest absolute Gasteiger partial charge is 0.408 e. The number of halogens is 1. The van der Waals surface area contributed by atoms with E-state index in [4.69, 9.17) is 4.74 Å². The topological polar surface area (TPSA) is 93.7 Å². The molecule has 1 aromatic rings. The summed E-state index contributed by atoms with van der Waals surface area (Å²) in [5.74, 6) is -1.06. The Labute approximate surface area is 161 Å². The molecule has 0 aliphatic heterocycles. The van der Waals surface area contributed by atoms with Crippen LogP contribution in [-0.2, 0) is 25.5 Å². The lowest BCUT2D eigenvalue weighted by Crippen LogP contribution is -2.50. The SMILES string of the molecule is COC(=O)CNC(=O)[C@H](Cc1ccc(I)cc1)NC(=O)OC(C)(C)C. The predicted molar refractivity (Wildman–Crippen MR) is 101 cm³/mol. The summed E-state index contributed by atoms with van der Waals surface area (Å²) in [5.41, 5.74) is 0.190. The number of hydrogen-bond acceptors (Lipinski definition) is 5. The molecule has 1 aromatic carbocycles. The second kappa shape index (κ2) is 9.59. The molecule has 2 N–H and O–H groups in total. The van der Waals surface area contributed by atoms with Gasteiger partial charge in [-0.25, -0.2) is 4.79 Å². The molecule has 2 amide bonds. The fraction of sp³-hybridized carbons (Fsp3) is 0.471. The second-order valence-corrected chi connectivity index (χ2v) is 7.57. The first kappa shape index (κ1) is 21.2. The van der Waals surface area contributed by atoms with Gasteiger partial charge in [0.15, 0.2) is 0 Å². The molecule has 0 heterocycles. The van der Waals surface area contributed by atoms with Crippen molar-refractivity contribution in [2.45, 2.75) is 38.8 Å². The highest BCUT2D eigenvalue weighted by molar-refractivity contribution is 14.1. The van der Waals surface area contributed by atoms with Crippen LogP contribution in [0.4, 0.5) is 4.79 Å². The first-order valence-corrected chi connectivity index (χ1v) is 8.77. The molecule has 0 spiro atoms. The van der Waals surface area contributed by atoms with E-state index >= 15 is 0 Å². The van der Waals surface area contributed by atoms with Gasteiger partial charge in [0.2, 0.25) is 5.91 Å². The molecular formula is C17H23IN2O5. The molecule has 7 nitrogen and oxygen atoms in total. The number of rotatable bonds is 6. The van der Waals surface area contributed by atoms with Crippen molar-refractivity contribution in [1.82, 2.24) is 10.6 Å². The van der Waals surface area contributed by atoms with E-state index in [1.165, 1.54) is 7.11 Å². The molecule has 0 aromatic heterocycles. The van der Waals surface area contributed by atoms with E-state index in [1.807, 2.05) is 24.3 Å². The third kappa shape index (κ3) is 8.71. The minimum Gasteiger partial charge on any atom is -0.468 e. The number of benzene rings is 1. The maximum absolute atomic E-state index is 12.3. The molecule has 0 unspecified atom stereocenters. The predicted octanol–water partition coefficient (Wildman–Crippen LogP) is 2.02. The number of carbonyl (C=O) groups excluding carboxylic acids is 3. The lowest BCUT2D eigenvalue weighted by Gasteiger charge is -2.23. The quantitative estimate of drug-likeness (QED) is 0.499. The van der Waals surface area contributed by atoms with Crippen LogP contribution < -0.4 is 10.6 Å². The van der Waals surface area contributed by atoms with Crippen LogP contribution in [0.1, 0.15) is 26.3 Å². The van der Waals surface area contributed by atoms with Crippen LogP contribution >= 0.6 is 22.6 Å². The first-order chi connectivity index (χ1) is 11.6. The van der Waals surface area contributed by atoms with Crippen molar-refractivity contribution in [1.29, 1.82) is 0 Å². The van der Waals surface area contributed by atoms with Crippen LogP contribution in [0.3, 0.4) is 0 Å². The van der Waals surface area contributed by atoms with Crippen molar-refractivity contribution in [3.8, 4) is 0 Å². The summed E-state index contributed by atoms with van der Waals surface area (Å²) in [6.07, 6.45) is -0.431. The number of esters is 1. The van der Waals surface area contributed by atoms with Crippen molar-refractivity contribution in [2.75, 3.05) is 13.7 Å². The zero-order valence-electron chi connectivity index (χ0n) is 14.7. The Balaban J connectivity index is 2.81. The van der Waals surface area contributed by atoms with Crippen LogP contribution in [0, 0.1) is 3.57 Å². The minimum absolute atomic E-state index is 0.267. The summed E-state index contributed by atoms with van der Waals surface area (Å²) in [7, 11) is 1.23. The molecular weight excluding hydrogens is 439 g/mol. The van der Waals surface area contributed by atoms with Crippen LogP contribution in [0.5, 0.6) is 0 Å². The Bertz CT molecular complexity index is 610. The fourth-order valence-electron chi connectivity index (χ4n) is 1.87. The van der Waals surface area contributed by atoms with E-state index < -0.39 is 29.6 Å². The lowest BCUT2D eigenvalue weighted by atomic mass is 10.1. The van der Waals surface area contributed by atoms with E-state index in [0.29, 0.717) is 0 Å². The van der Waals surface area contributed by atoms with Crippen molar-refractivity contribution in [3.05, 3.63) is 33.4 Å². The number of carbonyl (C=O) groups is 3. The molecule has 1 rings (SSSR count). The molecule has 0 aliphatic rings. The Hall–Kier alpha value is -1.84. The third-order valence-electron chi connectivity index (χ3n) is 3.00. The van der Waals surface area contributed by atoms with Crippen LogP contribution in [0.25, 0.3) is 0 Å². The monoisotopic (exact) mass is 462 g/mol. The van der Waals surface area contributed by atoms with Crippen LogP contribution in [-0.4, -0.2) is 43.3 Å². The van der Waals surface area contributed by atoms with Crippen LogP contribution in [0.15, 0.2) is 24.3 Å². The van der Waals surface area contributed by atoms with Gasteiger partial charge in [0.05, 0.1) is 7.11 Å². The van der Waals surface area contributed by atoms with E-state index in [2.05, 4.69) is 38.0 Å². The summed E-state index contributed by atoms with van der Waals surface area (Å²) in [5, 5.41) is 5.00. The fourth-order valence-corrected chi connectivity index (χ4v) is 2.23. The molecule has 0 fully saturated rings. The van der Waals surface area contributed by atoms with Crippen molar-refractivity contribution >= 4 is 40.6 Å². The Kier molecular flexibility index (Phi) is 8.14. The molecule has 138 valence electrons. The van der Waals surface area contributed by atoms with E-state index in [-0.39, 0.29) is 13.0 Å².